The van der Waals surface area contributed by atoms with Gasteiger partial charge >= 0.3 is 0 Å². The Balaban J connectivity index is 1.89. The smallest absolute Gasteiger partial charge is 0.220 e. The number of amides is 1. The first-order valence-electron chi connectivity index (χ1n) is 6.88. The molecule has 0 aliphatic carbocycles. The molecule has 0 bridgehead atoms. The molecule has 0 aliphatic rings. The molecule has 1 unspecified atom stereocenters. The minimum atomic E-state index is -0.123. The maximum atomic E-state index is 11.8. The first-order valence-corrected chi connectivity index (χ1v) is 6.88. The van der Waals surface area contributed by atoms with Crippen LogP contribution in [0.5, 0.6) is 0 Å². The van der Waals surface area contributed by atoms with E-state index in [0.717, 1.165) is 36.1 Å². The molecule has 1 heterocycles. The summed E-state index contributed by atoms with van der Waals surface area (Å²) in [6.45, 7) is 1.93. The molecule has 0 aliphatic heterocycles. The van der Waals surface area contributed by atoms with Gasteiger partial charge in [0, 0.05) is 12.8 Å². The van der Waals surface area contributed by atoms with Crippen LogP contribution in [0.3, 0.4) is 0 Å². The van der Waals surface area contributed by atoms with Crippen LogP contribution in [0.2, 0.25) is 0 Å². The van der Waals surface area contributed by atoms with Gasteiger partial charge in [0.2, 0.25) is 5.91 Å². The lowest BCUT2D eigenvalue weighted by atomic mass is 10.2. The van der Waals surface area contributed by atoms with Crippen LogP contribution in [0.25, 0.3) is 11.0 Å². The molecule has 2 N–H and O–H groups in total. The number of para-hydroxylation sites is 2. The van der Waals surface area contributed by atoms with Gasteiger partial charge in [-0.05, 0) is 31.9 Å². The Hall–Kier alpha value is -2.28. The van der Waals surface area contributed by atoms with Gasteiger partial charge in [-0.3, -0.25) is 4.79 Å². The quantitative estimate of drug-likeness (QED) is 0.625. The van der Waals surface area contributed by atoms with Crippen molar-refractivity contribution < 1.29 is 4.79 Å². The van der Waals surface area contributed by atoms with Crippen molar-refractivity contribution in [2.45, 2.75) is 38.6 Å². The van der Waals surface area contributed by atoms with E-state index in [9.17, 15) is 4.79 Å². The van der Waals surface area contributed by atoms with Crippen LogP contribution in [0.1, 0.15) is 44.5 Å². The van der Waals surface area contributed by atoms with Gasteiger partial charge in [-0.25, -0.2) is 4.98 Å². The van der Waals surface area contributed by atoms with Gasteiger partial charge < -0.3 is 10.3 Å². The molecule has 1 atom stereocenters. The molecule has 4 heteroatoms. The fourth-order valence-corrected chi connectivity index (χ4v) is 2.07. The molecule has 0 fully saturated rings. The zero-order valence-corrected chi connectivity index (χ0v) is 11.6. The van der Waals surface area contributed by atoms with Gasteiger partial charge in [0.15, 0.2) is 0 Å². The molecule has 1 aromatic carbocycles. The molecule has 20 heavy (non-hydrogen) atoms. The number of benzene rings is 1. The number of H-pyrrole nitrogens is 1. The van der Waals surface area contributed by atoms with Crippen molar-refractivity contribution in [1.82, 2.24) is 15.3 Å². The summed E-state index contributed by atoms with van der Waals surface area (Å²) < 4.78 is 0. The Bertz CT molecular complexity index is 591. The van der Waals surface area contributed by atoms with Gasteiger partial charge in [0.25, 0.3) is 0 Å². The van der Waals surface area contributed by atoms with E-state index in [0.29, 0.717) is 6.42 Å². The summed E-state index contributed by atoms with van der Waals surface area (Å²) in [5, 5.41) is 2.95. The summed E-state index contributed by atoms with van der Waals surface area (Å²) in [6, 6.07) is 7.70. The molecule has 1 aromatic heterocycles. The third-order valence-corrected chi connectivity index (χ3v) is 3.17. The van der Waals surface area contributed by atoms with Crippen molar-refractivity contribution in [3.63, 3.8) is 0 Å². The Labute approximate surface area is 119 Å². The summed E-state index contributed by atoms with van der Waals surface area (Å²) in [6.07, 6.45) is 8.12. The maximum absolute atomic E-state index is 11.8. The SMILES string of the molecule is C#CCCCCC(=O)NC(C)c1nc2ccccc2[nH]1. The largest absolute Gasteiger partial charge is 0.346 e. The van der Waals surface area contributed by atoms with Crippen LogP contribution in [-0.4, -0.2) is 15.9 Å². The van der Waals surface area contributed by atoms with Crippen molar-refractivity contribution in [2.24, 2.45) is 0 Å². The van der Waals surface area contributed by atoms with Gasteiger partial charge in [0.1, 0.15) is 5.82 Å². The molecule has 0 radical (unpaired) electrons. The fraction of sp³-hybridized carbons (Fsp3) is 0.375. The van der Waals surface area contributed by atoms with E-state index in [-0.39, 0.29) is 11.9 Å². The second-order valence-electron chi connectivity index (χ2n) is 4.84. The number of hydrogen-bond donors (Lipinski definition) is 2. The standard InChI is InChI=1S/C16H19N3O/c1-3-4-5-6-11-15(20)17-12(2)16-18-13-9-7-8-10-14(13)19-16/h1,7-10,12H,4-6,11H2,2H3,(H,17,20)(H,18,19). The van der Waals surface area contributed by atoms with Crippen molar-refractivity contribution in [1.29, 1.82) is 0 Å². The molecule has 104 valence electrons. The Kier molecular flexibility index (Phi) is 4.78. The lowest BCUT2D eigenvalue weighted by molar-refractivity contribution is -0.121. The van der Waals surface area contributed by atoms with Crippen molar-refractivity contribution in [3.8, 4) is 12.3 Å². The van der Waals surface area contributed by atoms with Crippen molar-refractivity contribution >= 4 is 16.9 Å². The van der Waals surface area contributed by atoms with Crippen LogP contribution >= 0.6 is 0 Å². The van der Waals surface area contributed by atoms with Crippen molar-refractivity contribution in [3.05, 3.63) is 30.1 Å². The number of rotatable bonds is 6. The summed E-state index contributed by atoms with van der Waals surface area (Å²) in [7, 11) is 0. The second-order valence-corrected chi connectivity index (χ2v) is 4.84. The lowest BCUT2D eigenvalue weighted by Crippen LogP contribution is -2.27. The number of fused-ring (bicyclic) bond motifs is 1. The Morgan fingerprint density at radius 2 is 2.25 bits per heavy atom. The number of hydrogen-bond acceptors (Lipinski definition) is 2. The van der Waals surface area contributed by atoms with E-state index in [4.69, 9.17) is 6.42 Å². The molecule has 0 saturated carbocycles. The summed E-state index contributed by atoms with van der Waals surface area (Å²) >= 11 is 0. The fourth-order valence-electron chi connectivity index (χ4n) is 2.07. The zero-order valence-electron chi connectivity index (χ0n) is 11.6. The number of carbonyl (C=O) groups is 1. The van der Waals surface area contributed by atoms with Gasteiger partial charge in [-0.15, -0.1) is 12.3 Å². The van der Waals surface area contributed by atoms with E-state index in [1.54, 1.807) is 0 Å². The number of aromatic nitrogens is 2. The van der Waals surface area contributed by atoms with E-state index in [2.05, 4.69) is 21.2 Å². The van der Waals surface area contributed by atoms with E-state index in [1.165, 1.54) is 0 Å². The number of unbranched alkanes of at least 4 members (excludes halogenated alkanes) is 2. The predicted molar refractivity (Wildman–Crippen MR) is 80.0 cm³/mol. The highest BCUT2D eigenvalue weighted by Crippen LogP contribution is 2.15. The molecule has 4 nitrogen and oxygen atoms in total. The van der Waals surface area contributed by atoms with E-state index in [1.807, 2.05) is 31.2 Å². The molecular weight excluding hydrogens is 250 g/mol. The summed E-state index contributed by atoms with van der Waals surface area (Å²) in [4.78, 5) is 19.5. The summed E-state index contributed by atoms with van der Waals surface area (Å²) in [5.41, 5.74) is 1.90. The monoisotopic (exact) mass is 269 g/mol. The first kappa shape index (κ1) is 14.1. The van der Waals surface area contributed by atoms with E-state index < -0.39 is 0 Å². The molecular formula is C16H19N3O. The number of terminal acetylenes is 1. The molecule has 0 saturated heterocycles. The maximum Gasteiger partial charge on any atom is 0.220 e. The third kappa shape index (κ3) is 3.61. The summed E-state index contributed by atoms with van der Waals surface area (Å²) in [5.74, 6) is 3.39. The normalized spacial score (nSPS) is 12.0. The minimum Gasteiger partial charge on any atom is -0.346 e. The van der Waals surface area contributed by atoms with Gasteiger partial charge in [0.05, 0.1) is 17.1 Å². The number of carbonyl (C=O) groups excluding carboxylic acids is 1. The average molecular weight is 269 g/mol. The highest BCUT2D eigenvalue weighted by Gasteiger charge is 2.13. The molecule has 0 spiro atoms. The Morgan fingerprint density at radius 3 is 3.00 bits per heavy atom. The highest BCUT2D eigenvalue weighted by molar-refractivity contribution is 5.77. The number of aromatic amines is 1. The third-order valence-electron chi connectivity index (χ3n) is 3.17. The molecule has 2 rings (SSSR count). The molecule has 1 amide bonds. The van der Waals surface area contributed by atoms with Gasteiger partial charge in [-0.1, -0.05) is 12.1 Å². The van der Waals surface area contributed by atoms with Crippen LogP contribution in [-0.2, 0) is 4.79 Å². The van der Waals surface area contributed by atoms with Crippen LogP contribution in [0, 0.1) is 12.3 Å². The van der Waals surface area contributed by atoms with Crippen LogP contribution in [0.4, 0.5) is 0 Å². The second kappa shape index (κ2) is 6.76. The predicted octanol–water partition coefficient (Wildman–Crippen LogP) is 2.93. The van der Waals surface area contributed by atoms with Crippen LogP contribution < -0.4 is 5.32 Å². The first-order chi connectivity index (χ1) is 9.70. The Morgan fingerprint density at radius 1 is 1.45 bits per heavy atom. The van der Waals surface area contributed by atoms with Crippen molar-refractivity contribution in [2.75, 3.05) is 0 Å². The lowest BCUT2D eigenvalue weighted by Gasteiger charge is -2.11. The molecule has 2 aromatic rings. The highest BCUT2D eigenvalue weighted by atomic mass is 16.1. The number of nitrogens with one attached hydrogen (secondary N) is 2. The van der Waals surface area contributed by atoms with Crippen LogP contribution in [0.15, 0.2) is 24.3 Å². The average Bonchev–Trinajstić information content (AvgIpc) is 2.87. The zero-order chi connectivity index (χ0) is 14.4. The van der Waals surface area contributed by atoms with Gasteiger partial charge in [-0.2, -0.15) is 0 Å². The minimum absolute atomic E-state index is 0.0370. The number of imidazole rings is 1. The van der Waals surface area contributed by atoms with E-state index >= 15 is 0 Å². The number of nitrogens with zero attached hydrogens (tertiary/aromatic N) is 1. The topological polar surface area (TPSA) is 57.8 Å².